The maximum absolute atomic E-state index is 12.0. The van der Waals surface area contributed by atoms with E-state index in [0.29, 0.717) is 13.0 Å². The lowest BCUT2D eigenvalue weighted by Gasteiger charge is -2.37. The van der Waals surface area contributed by atoms with Gasteiger partial charge in [0.1, 0.15) is 0 Å². The number of nitrogens with one attached hydrogen (secondary N) is 1. The predicted molar refractivity (Wildman–Crippen MR) is 69.9 cm³/mol. The summed E-state index contributed by atoms with van der Waals surface area (Å²) in [5, 5.41) is 21.0. The van der Waals surface area contributed by atoms with E-state index in [4.69, 9.17) is 15.9 Å². The minimum atomic E-state index is -0.943. The molecular weight excluding hydrogens is 232 g/mol. The predicted octanol–water partition coefficient (Wildman–Crippen LogP) is 0.145. The Morgan fingerprint density at radius 3 is 2.28 bits per heavy atom. The Kier molecular flexibility index (Phi) is 5.56. The molecule has 0 unspecified atom stereocenters. The Balaban J connectivity index is 2.57. The third kappa shape index (κ3) is 3.93. The van der Waals surface area contributed by atoms with Crippen LogP contribution in [0, 0.1) is 5.41 Å². The molecule has 0 aromatic heterocycles. The Labute approximate surface area is 109 Å². The quantitative estimate of drug-likeness (QED) is 0.545. The molecule has 0 aliphatic heterocycles. The summed E-state index contributed by atoms with van der Waals surface area (Å²) in [5.74, 6) is -0.132. The number of nitrogens with two attached hydrogens (primary N) is 1. The van der Waals surface area contributed by atoms with Crippen LogP contribution < -0.4 is 11.1 Å². The zero-order chi connectivity index (χ0) is 13.6. The van der Waals surface area contributed by atoms with Crippen molar-refractivity contribution in [1.82, 2.24) is 5.32 Å². The molecular formula is C13H26N2O3. The van der Waals surface area contributed by atoms with Crippen LogP contribution in [0.4, 0.5) is 0 Å². The topological polar surface area (TPSA) is 95.6 Å². The second-order valence-corrected chi connectivity index (χ2v) is 5.87. The highest BCUT2D eigenvalue weighted by atomic mass is 16.3. The van der Waals surface area contributed by atoms with Crippen molar-refractivity contribution < 1.29 is 15.0 Å². The first-order valence-electron chi connectivity index (χ1n) is 6.72. The van der Waals surface area contributed by atoms with Crippen LogP contribution in [-0.2, 0) is 4.79 Å². The zero-order valence-electron chi connectivity index (χ0n) is 11.2. The minimum Gasteiger partial charge on any atom is -0.394 e. The lowest BCUT2D eigenvalue weighted by atomic mass is 9.71. The number of hydrogen-bond acceptors (Lipinski definition) is 4. The van der Waals surface area contributed by atoms with Gasteiger partial charge in [-0.1, -0.05) is 19.3 Å². The third-order valence-corrected chi connectivity index (χ3v) is 4.02. The molecule has 1 fully saturated rings. The number of carbonyl (C=O) groups excluding carboxylic acids is 1. The average Bonchev–Trinajstić information content (AvgIpc) is 2.39. The summed E-state index contributed by atoms with van der Waals surface area (Å²) >= 11 is 0. The van der Waals surface area contributed by atoms with E-state index in [1.807, 2.05) is 0 Å². The van der Waals surface area contributed by atoms with E-state index in [0.717, 1.165) is 25.7 Å². The molecule has 0 bridgehead atoms. The Hall–Kier alpha value is -0.650. The molecule has 0 aromatic carbocycles. The minimum absolute atomic E-state index is 0.0891. The Morgan fingerprint density at radius 2 is 1.83 bits per heavy atom. The number of amides is 1. The van der Waals surface area contributed by atoms with Gasteiger partial charge < -0.3 is 21.3 Å². The first-order chi connectivity index (χ1) is 8.49. The van der Waals surface area contributed by atoms with Gasteiger partial charge in [0.2, 0.25) is 5.91 Å². The fourth-order valence-electron chi connectivity index (χ4n) is 2.61. The maximum atomic E-state index is 12.0. The molecule has 5 N–H and O–H groups in total. The Morgan fingerprint density at radius 1 is 1.28 bits per heavy atom. The molecule has 1 saturated carbocycles. The van der Waals surface area contributed by atoms with Gasteiger partial charge in [-0.05, 0) is 31.7 Å². The summed E-state index contributed by atoms with van der Waals surface area (Å²) in [4.78, 5) is 12.0. The summed E-state index contributed by atoms with van der Waals surface area (Å²) < 4.78 is 0. The second-order valence-electron chi connectivity index (χ2n) is 5.87. The number of hydrogen-bond donors (Lipinski definition) is 4. The summed E-state index contributed by atoms with van der Waals surface area (Å²) in [6.45, 7) is 1.60. The largest absolute Gasteiger partial charge is 0.394 e. The molecule has 0 saturated heterocycles. The lowest BCUT2D eigenvalue weighted by molar-refractivity contribution is -0.126. The van der Waals surface area contributed by atoms with Crippen LogP contribution in [-0.4, -0.2) is 41.4 Å². The monoisotopic (exact) mass is 258 g/mol. The SMILES string of the molecule is CC(CO)(CO)NC(=O)CC1(CN)CCCCC1. The van der Waals surface area contributed by atoms with Crippen LogP contribution in [0.5, 0.6) is 0 Å². The van der Waals surface area contributed by atoms with Crippen molar-refractivity contribution in [3.05, 3.63) is 0 Å². The number of carbonyl (C=O) groups is 1. The van der Waals surface area contributed by atoms with E-state index >= 15 is 0 Å². The highest BCUT2D eigenvalue weighted by molar-refractivity contribution is 5.77. The van der Waals surface area contributed by atoms with E-state index in [-0.39, 0.29) is 24.5 Å². The fraction of sp³-hybridized carbons (Fsp3) is 0.923. The van der Waals surface area contributed by atoms with E-state index < -0.39 is 5.54 Å². The van der Waals surface area contributed by atoms with Crippen LogP contribution in [0.2, 0.25) is 0 Å². The summed E-state index contributed by atoms with van der Waals surface area (Å²) in [6, 6.07) is 0. The van der Waals surface area contributed by atoms with Crippen LogP contribution in [0.1, 0.15) is 45.4 Å². The van der Waals surface area contributed by atoms with Crippen molar-refractivity contribution >= 4 is 5.91 Å². The van der Waals surface area contributed by atoms with Gasteiger partial charge in [0.05, 0.1) is 18.8 Å². The van der Waals surface area contributed by atoms with E-state index in [2.05, 4.69) is 5.32 Å². The van der Waals surface area contributed by atoms with Gasteiger partial charge >= 0.3 is 0 Å². The van der Waals surface area contributed by atoms with Crippen molar-refractivity contribution in [2.75, 3.05) is 19.8 Å². The zero-order valence-corrected chi connectivity index (χ0v) is 11.2. The van der Waals surface area contributed by atoms with Crippen LogP contribution in [0.3, 0.4) is 0 Å². The molecule has 106 valence electrons. The second kappa shape index (κ2) is 6.50. The van der Waals surface area contributed by atoms with Gasteiger partial charge in [0, 0.05) is 6.42 Å². The normalized spacial score (nSPS) is 19.6. The smallest absolute Gasteiger partial charge is 0.221 e. The molecule has 1 rings (SSSR count). The molecule has 0 spiro atoms. The van der Waals surface area contributed by atoms with Gasteiger partial charge in [0.25, 0.3) is 0 Å². The molecule has 0 heterocycles. The number of rotatable bonds is 6. The molecule has 0 atom stereocenters. The van der Waals surface area contributed by atoms with Gasteiger partial charge in [-0.15, -0.1) is 0 Å². The van der Waals surface area contributed by atoms with Crippen LogP contribution >= 0.6 is 0 Å². The van der Waals surface area contributed by atoms with Crippen LogP contribution in [0.25, 0.3) is 0 Å². The summed E-state index contributed by atoms with van der Waals surface area (Å²) in [7, 11) is 0. The first kappa shape index (κ1) is 15.4. The van der Waals surface area contributed by atoms with Crippen molar-refractivity contribution in [3.63, 3.8) is 0 Å². The molecule has 0 radical (unpaired) electrons. The van der Waals surface area contributed by atoms with E-state index in [1.54, 1.807) is 6.92 Å². The van der Waals surface area contributed by atoms with Crippen molar-refractivity contribution in [1.29, 1.82) is 0 Å². The highest BCUT2D eigenvalue weighted by Gasteiger charge is 2.34. The average molecular weight is 258 g/mol. The van der Waals surface area contributed by atoms with Crippen molar-refractivity contribution in [2.24, 2.45) is 11.1 Å². The fourth-order valence-corrected chi connectivity index (χ4v) is 2.61. The maximum Gasteiger partial charge on any atom is 0.221 e. The molecule has 5 heteroatoms. The van der Waals surface area contributed by atoms with E-state index in [1.165, 1.54) is 6.42 Å². The highest BCUT2D eigenvalue weighted by Crippen LogP contribution is 2.38. The van der Waals surface area contributed by atoms with Gasteiger partial charge in [-0.2, -0.15) is 0 Å². The standard InChI is InChI=1S/C13H26N2O3/c1-12(9-16,10-17)15-11(18)7-13(8-14)5-3-2-4-6-13/h16-17H,2-10,14H2,1H3,(H,15,18). The number of aliphatic hydroxyl groups excluding tert-OH is 2. The van der Waals surface area contributed by atoms with E-state index in [9.17, 15) is 4.79 Å². The van der Waals surface area contributed by atoms with Gasteiger partial charge in [-0.25, -0.2) is 0 Å². The van der Waals surface area contributed by atoms with Gasteiger partial charge in [0.15, 0.2) is 0 Å². The third-order valence-electron chi connectivity index (χ3n) is 4.02. The van der Waals surface area contributed by atoms with Crippen molar-refractivity contribution in [2.45, 2.75) is 51.0 Å². The molecule has 5 nitrogen and oxygen atoms in total. The summed E-state index contributed by atoms with van der Waals surface area (Å²) in [6.07, 6.45) is 5.84. The molecule has 1 aliphatic carbocycles. The van der Waals surface area contributed by atoms with Crippen LogP contribution in [0.15, 0.2) is 0 Å². The van der Waals surface area contributed by atoms with Gasteiger partial charge in [-0.3, -0.25) is 4.79 Å². The molecule has 1 amide bonds. The molecule has 0 aromatic rings. The lowest BCUT2D eigenvalue weighted by Crippen LogP contribution is -2.53. The van der Waals surface area contributed by atoms with Crippen molar-refractivity contribution in [3.8, 4) is 0 Å². The number of aliphatic hydroxyl groups is 2. The molecule has 1 aliphatic rings. The summed E-state index contributed by atoms with van der Waals surface area (Å²) in [5.41, 5.74) is 4.80. The first-order valence-corrected chi connectivity index (χ1v) is 6.72. The molecule has 18 heavy (non-hydrogen) atoms. The Bertz CT molecular complexity index is 271.